The number of thioether (sulfide) groups is 1. The van der Waals surface area contributed by atoms with E-state index in [-0.39, 0.29) is 24.7 Å². The summed E-state index contributed by atoms with van der Waals surface area (Å²) in [6.45, 7) is 4.80. The van der Waals surface area contributed by atoms with Gasteiger partial charge in [-0.15, -0.1) is 0 Å². The predicted molar refractivity (Wildman–Crippen MR) is 140 cm³/mol. The molecule has 0 bridgehead atoms. The van der Waals surface area contributed by atoms with Gasteiger partial charge in [-0.05, 0) is 48.9 Å². The van der Waals surface area contributed by atoms with E-state index < -0.39 is 12.2 Å². The number of unbranched alkanes of at least 4 members (excludes halogenated alkanes) is 2. The van der Waals surface area contributed by atoms with Crippen LogP contribution in [0.1, 0.15) is 74.0 Å². The molecule has 190 valence electrons. The number of aliphatic hydroxyl groups is 3. The number of rotatable bonds is 11. The van der Waals surface area contributed by atoms with Gasteiger partial charge in [-0.3, -0.25) is 0 Å². The van der Waals surface area contributed by atoms with Gasteiger partial charge in [-0.2, -0.15) is 11.8 Å². The summed E-state index contributed by atoms with van der Waals surface area (Å²) >= 11 is 1.96. The molecular weight excluding hydrogens is 460 g/mol. The molecule has 2 aromatic carbocycles. The number of amides is 2. The lowest BCUT2D eigenvalue weighted by Gasteiger charge is -2.27. The molecule has 2 aliphatic rings. The van der Waals surface area contributed by atoms with Gasteiger partial charge in [0.1, 0.15) is 0 Å². The van der Waals surface area contributed by atoms with E-state index in [1.165, 1.54) is 0 Å². The van der Waals surface area contributed by atoms with Crippen molar-refractivity contribution in [3.63, 3.8) is 0 Å². The highest BCUT2D eigenvalue weighted by atomic mass is 32.2. The van der Waals surface area contributed by atoms with E-state index in [2.05, 4.69) is 0 Å². The quantitative estimate of drug-likeness (QED) is 0.311. The Labute approximate surface area is 213 Å². The third kappa shape index (κ3) is 6.02. The van der Waals surface area contributed by atoms with Crippen molar-refractivity contribution in [3.8, 4) is 0 Å². The fraction of sp³-hybridized carbons (Fsp3) is 0.536. The van der Waals surface area contributed by atoms with Crippen molar-refractivity contribution in [1.29, 1.82) is 0 Å². The molecule has 4 rings (SSSR count). The second-order valence-electron chi connectivity index (χ2n) is 9.88. The average Bonchev–Trinajstić information content (AvgIpc) is 3.36. The molecule has 7 heteroatoms. The number of carbonyl (C=O) groups excluding carboxylic acids is 1. The highest BCUT2D eigenvalue weighted by Gasteiger charge is 2.52. The van der Waals surface area contributed by atoms with Gasteiger partial charge in [0.15, 0.2) is 0 Å². The topological polar surface area (TPSA) is 84.2 Å². The van der Waals surface area contributed by atoms with Crippen LogP contribution in [0.5, 0.6) is 0 Å². The predicted octanol–water partition coefficient (Wildman–Crippen LogP) is 4.64. The van der Waals surface area contributed by atoms with Crippen LogP contribution in [0, 0.1) is 0 Å². The first-order valence-corrected chi connectivity index (χ1v) is 13.8. The van der Waals surface area contributed by atoms with Crippen LogP contribution < -0.4 is 0 Å². The second-order valence-corrected chi connectivity index (χ2v) is 11.2. The minimum absolute atomic E-state index is 0.0607. The molecule has 35 heavy (non-hydrogen) atoms. The molecule has 2 aliphatic heterocycles. The summed E-state index contributed by atoms with van der Waals surface area (Å²) in [6, 6.07) is 16.1. The molecule has 4 unspecified atom stereocenters. The maximum atomic E-state index is 13.8. The van der Waals surface area contributed by atoms with Crippen LogP contribution in [0.15, 0.2) is 48.5 Å². The van der Waals surface area contributed by atoms with Crippen LogP contribution >= 0.6 is 11.8 Å². The number of aliphatic hydroxyl groups excluding tert-OH is 3. The summed E-state index contributed by atoms with van der Waals surface area (Å²) in [4.78, 5) is 17.9. The molecular formula is C28H38N2O4S. The van der Waals surface area contributed by atoms with Crippen molar-refractivity contribution in [2.24, 2.45) is 0 Å². The van der Waals surface area contributed by atoms with E-state index in [1.54, 1.807) is 13.8 Å². The fourth-order valence-electron chi connectivity index (χ4n) is 5.33. The van der Waals surface area contributed by atoms with Crippen molar-refractivity contribution < 1.29 is 20.1 Å². The van der Waals surface area contributed by atoms with Crippen LogP contribution in [-0.4, -0.2) is 60.8 Å². The molecule has 0 radical (unpaired) electrons. The van der Waals surface area contributed by atoms with Gasteiger partial charge >= 0.3 is 6.03 Å². The number of carbonyl (C=O) groups is 1. The molecule has 2 amide bonds. The SMILES string of the molecule is CC(O)c1cccc(CN2C(=O)N(Cc3cccc(C(C)O)c3)C3C2CS[C@H]3CCCCCO)c1. The molecule has 0 aromatic heterocycles. The number of hydrogen-bond donors (Lipinski definition) is 3. The minimum atomic E-state index is -0.545. The van der Waals surface area contributed by atoms with E-state index in [1.807, 2.05) is 70.1 Å². The number of fused-ring (bicyclic) bond motifs is 1. The number of nitrogens with zero attached hydrogens (tertiary/aromatic N) is 2. The van der Waals surface area contributed by atoms with E-state index in [0.29, 0.717) is 18.3 Å². The smallest absolute Gasteiger partial charge is 0.321 e. The molecule has 2 fully saturated rings. The van der Waals surface area contributed by atoms with Gasteiger partial charge in [0.2, 0.25) is 0 Å². The maximum absolute atomic E-state index is 13.8. The molecule has 0 aliphatic carbocycles. The first-order chi connectivity index (χ1) is 16.9. The third-order valence-corrected chi connectivity index (χ3v) is 8.70. The molecule has 2 saturated heterocycles. The van der Waals surface area contributed by atoms with Gasteiger partial charge in [0.25, 0.3) is 0 Å². The highest BCUT2D eigenvalue weighted by molar-refractivity contribution is 8.00. The monoisotopic (exact) mass is 498 g/mol. The van der Waals surface area contributed by atoms with E-state index in [4.69, 9.17) is 5.11 Å². The van der Waals surface area contributed by atoms with Gasteiger partial charge in [-0.1, -0.05) is 61.4 Å². The lowest BCUT2D eigenvalue weighted by molar-refractivity contribution is 0.180. The molecule has 0 saturated carbocycles. The molecule has 2 heterocycles. The zero-order valence-electron chi connectivity index (χ0n) is 20.7. The van der Waals surface area contributed by atoms with Crippen molar-refractivity contribution >= 4 is 17.8 Å². The Morgan fingerprint density at radius 3 is 2.09 bits per heavy atom. The molecule has 0 spiro atoms. The largest absolute Gasteiger partial charge is 0.396 e. The Morgan fingerprint density at radius 2 is 1.51 bits per heavy atom. The molecule has 3 N–H and O–H groups in total. The Balaban J connectivity index is 1.57. The fourth-order valence-corrected chi connectivity index (χ4v) is 7.01. The van der Waals surface area contributed by atoms with Gasteiger partial charge in [-0.25, -0.2) is 4.79 Å². The summed E-state index contributed by atoms with van der Waals surface area (Å²) < 4.78 is 0. The Morgan fingerprint density at radius 1 is 0.914 bits per heavy atom. The normalized spacial score (nSPS) is 23.6. The summed E-state index contributed by atoms with van der Waals surface area (Å²) in [6.07, 6.45) is 2.83. The lowest BCUT2D eigenvalue weighted by atomic mass is 9.99. The Hall–Kier alpha value is -2.06. The zero-order valence-corrected chi connectivity index (χ0v) is 21.5. The van der Waals surface area contributed by atoms with Crippen LogP contribution in [0.2, 0.25) is 0 Å². The van der Waals surface area contributed by atoms with Gasteiger partial charge in [0.05, 0.1) is 24.3 Å². The lowest BCUT2D eigenvalue weighted by Crippen LogP contribution is -2.40. The van der Waals surface area contributed by atoms with Crippen LogP contribution in [0.4, 0.5) is 4.79 Å². The number of urea groups is 1. The first-order valence-electron chi connectivity index (χ1n) is 12.7. The molecule has 6 nitrogen and oxygen atoms in total. The summed E-state index contributed by atoms with van der Waals surface area (Å²) in [5.41, 5.74) is 3.79. The van der Waals surface area contributed by atoms with E-state index >= 15 is 0 Å². The van der Waals surface area contributed by atoms with Crippen LogP contribution in [0.25, 0.3) is 0 Å². The maximum Gasteiger partial charge on any atom is 0.321 e. The highest BCUT2D eigenvalue weighted by Crippen LogP contribution is 2.43. The average molecular weight is 499 g/mol. The van der Waals surface area contributed by atoms with E-state index in [0.717, 1.165) is 53.7 Å². The molecule has 2 aromatic rings. The number of benzene rings is 2. The standard InChI is InChI=1S/C28H38N2O4S/c1-19(32)23-10-6-8-21(14-23)16-29-25-18-35-26(12-4-3-5-13-31)27(25)30(28(29)34)17-22-9-7-11-24(15-22)20(2)33/h6-11,14-15,19-20,25-27,31-33H,3-5,12-13,16-18H2,1-2H3/t19?,20?,25?,26-,27?/m0/s1. The van der Waals surface area contributed by atoms with Crippen LogP contribution in [0.3, 0.4) is 0 Å². The number of hydrogen-bond acceptors (Lipinski definition) is 5. The summed E-state index contributed by atoms with van der Waals surface area (Å²) in [7, 11) is 0. The van der Waals surface area contributed by atoms with Crippen molar-refractivity contribution in [1.82, 2.24) is 9.80 Å². The first kappa shape index (κ1) is 26.0. The van der Waals surface area contributed by atoms with Crippen molar-refractivity contribution in [3.05, 3.63) is 70.8 Å². The zero-order chi connectivity index (χ0) is 24.9. The summed E-state index contributed by atoms with van der Waals surface area (Å²) in [5, 5.41) is 29.6. The van der Waals surface area contributed by atoms with Crippen molar-refractivity contribution in [2.75, 3.05) is 12.4 Å². The Bertz CT molecular complexity index is 998. The molecule has 5 atom stereocenters. The Kier molecular flexibility index (Phi) is 8.76. The van der Waals surface area contributed by atoms with E-state index in [9.17, 15) is 15.0 Å². The van der Waals surface area contributed by atoms with Gasteiger partial charge < -0.3 is 25.1 Å². The minimum Gasteiger partial charge on any atom is -0.396 e. The van der Waals surface area contributed by atoms with Gasteiger partial charge in [0, 0.05) is 30.7 Å². The second kappa shape index (κ2) is 11.8. The van der Waals surface area contributed by atoms with Crippen LogP contribution in [-0.2, 0) is 13.1 Å². The summed E-state index contributed by atoms with van der Waals surface area (Å²) in [5.74, 6) is 0.918. The third-order valence-electron chi connectivity index (χ3n) is 7.23. The van der Waals surface area contributed by atoms with Crippen molar-refractivity contribution in [2.45, 2.75) is 82.2 Å².